The molecule has 1 amide bonds. The summed E-state index contributed by atoms with van der Waals surface area (Å²) in [5.74, 6) is -0.697. The molecule has 0 heterocycles. The largest absolute Gasteiger partial charge is 0.368 e. The van der Waals surface area contributed by atoms with E-state index in [-0.39, 0.29) is 5.82 Å². The summed E-state index contributed by atoms with van der Waals surface area (Å²) in [5, 5.41) is 2.88. The van der Waals surface area contributed by atoms with Crippen LogP contribution in [0.5, 0.6) is 0 Å². The van der Waals surface area contributed by atoms with Crippen molar-refractivity contribution in [2.45, 2.75) is 19.5 Å². The number of carbonyl (C=O) groups is 1. The zero-order chi connectivity index (χ0) is 10.6. The SMILES string of the molecule is C[C@H](NCc1cccc(F)c1)C(N)=O. The fourth-order valence-corrected chi connectivity index (χ4v) is 1.02. The fourth-order valence-electron chi connectivity index (χ4n) is 1.02. The van der Waals surface area contributed by atoms with E-state index in [1.54, 1.807) is 19.1 Å². The third-order valence-electron chi connectivity index (χ3n) is 1.93. The molecule has 4 heteroatoms. The summed E-state index contributed by atoms with van der Waals surface area (Å²) < 4.78 is 12.7. The van der Waals surface area contributed by atoms with Crippen LogP contribution in [0.15, 0.2) is 24.3 Å². The summed E-state index contributed by atoms with van der Waals surface area (Å²) >= 11 is 0. The van der Waals surface area contributed by atoms with Gasteiger partial charge in [-0.05, 0) is 24.6 Å². The highest BCUT2D eigenvalue weighted by Gasteiger charge is 2.06. The van der Waals surface area contributed by atoms with Gasteiger partial charge in [0.1, 0.15) is 5.82 Å². The standard InChI is InChI=1S/C10H13FN2O/c1-7(10(12)14)13-6-8-3-2-4-9(11)5-8/h2-5,7,13H,6H2,1H3,(H2,12,14)/t7-/m0/s1. The molecule has 0 aliphatic heterocycles. The quantitative estimate of drug-likeness (QED) is 0.748. The Morgan fingerprint density at radius 1 is 1.64 bits per heavy atom. The van der Waals surface area contributed by atoms with Crippen LogP contribution in [0, 0.1) is 5.82 Å². The highest BCUT2D eigenvalue weighted by Crippen LogP contribution is 2.02. The van der Waals surface area contributed by atoms with Crippen molar-refractivity contribution in [1.82, 2.24) is 5.32 Å². The molecule has 0 unspecified atom stereocenters. The second-order valence-electron chi connectivity index (χ2n) is 3.13. The van der Waals surface area contributed by atoms with Crippen molar-refractivity contribution in [2.75, 3.05) is 0 Å². The third-order valence-corrected chi connectivity index (χ3v) is 1.93. The Bertz CT molecular complexity index is 328. The molecule has 3 N–H and O–H groups in total. The van der Waals surface area contributed by atoms with Crippen molar-refractivity contribution in [3.05, 3.63) is 35.6 Å². The monoisotopic (exact) mass is 196 g/mol. The van der Waals surface area contributed by atoms with Crippen LogP contribution in [0.3, 0.4) is 0 Å². The molecule has 0 radical (unpaired) electrons. The summed E-state index contributed by atoms with van der Waals surface area (Å²) in [6.45, 7) is 2.10. The summed E-state index contributed by atoms with van der Waals surface area (Å²) in [4.78, 5) is 10.7. The topological polar surface area (TPSA) is 55.1 Å². The lowest BCUT2D eigenvalue weighted by Crippen LogP contribution is -2.38. The van der Waals surface area contributed by atoms with Crippen LogP contribution in [0.4, 0.5) is 4.39 Å². The van der Waals surface area contributed by atoms with Crippen LogP contribution < -0.4 is 11.1 Å². The smallest absolute Gasteiger partial charge is 0.234 e. The first kappa shape index (κ1) is 10.7. The minimum atomic E-state index is -0.415. The number of nitrogens with one attached hydrogen (secondary N) is 1. The van der Waals surface area contributed by atoms with Crippen molar-refractivity contribution < 1.29 is 9.18 Å². The van der Waals surface area contributed by atoms with Crippen molar-refractivity contribution in [2.24, 2.45) is 5.73 Å². The van der Waals surface area contributed by atoms with Gasteiger partial charge in [-0.3, -0.25) is 4.79 Å². The number of benzene rings is 1. The second-order valence-corrected chi connectivity index (χ2v) is 3.13. The van der Waals surface area contributed by atoms with Crippen LogP contribution in [0.25, 0.3) is 0 Å². The summed E-state index contributed by atoms with van der Waals surface area (Å²) in [6.07, 6.45) is 0. The van der Waals surface area contributed by atoms with Crippen LogP contribution in [-0.4, -0.2) is 11.9 Å². The number of amides is 1. The highest BCUT2D eigenvalue weighted by atomic mass is 19.1. The van der Waals surface area contributed by atoms with E-state index < -0.39 is 11.9 Å². The lowest BCUT2D eigenvalue weighted by molar-refractivity contribution is -0.119. The Kier molecular flexibility index (Phi) is 3.59. The zero-order valence-corrected chi connectivity index (χ0v) is 7.96. The summed E-state index contributed by atoms with van der Waals surface area (Å²) in [7, 11) is 0. The van der Waals surface area contributed by atoms with Gasteiger partial charge >= 0.3 is 0 Å². The molecule has 1 aromatic rings. The molecule has 1 aromatic carbocycles. The molecule has 0 aliphatic rings. The summed E-state index contributed by atoms with van der Waals surface area (Å²) in [5.41, 5.74) is 5.84. The first-order valence-corrected chi connectivity index (χ1v) is 4.36. The highest BCUT2D eigenvalue weighted by molar-refractivity contribution is 5.79. The van der Waals surface area contributed by atoms with E-state index in [4.69, 9.17) is 5.73 Å². The lowest BCUT2D eigenvalue weighted by Gasteiger charge is -2.09. The molecule has 14 heavy (non-hydrogen) atoms. The normalized spacial score (nSPS) is 12.4. The average Bonchev–Trinajstić information content (AvgIpc) is 2.14. The second kappa shape index (κ2) is 4.72. The molecular weight excluding hydrogens is 183 g/mol. The maximum absolute atomic E-state index is 12.7. The van der Waals surface area contributed by atoms with Gasteiger partial charge in [-0.2, -0.15) is 0 Å². The van der Waals surface area contributed by atoms with Gasteiger partial charge in [0.05, 0.1) is 6.04 Å². The van der Waals surface area contributed by atoms with Gasteiger partial charge in [0, 0.05) is 6.54 Å². The molecule has 0 bridgehead atoms. The van der Waals surface area contributed by atoms with Crippen LogP contribution in [-0.2, 0) is 11.3 Å². The van der Waals surface area contributed by atoms with Crippen LogP contribution in [0.2, 0.25) is 0 Å². The molecular formula is C10H13FN2O. The van der Waals surface area contributed by atoms with E-state index in [0.717, 1.165) is 5.56 Å². The zero-order valence-electron chi connectivity index (χ0n) is 7.96. The number of carbonyl (C=O) groups excluding carboxylic acids is 1. The first-order chi connectivity index (χ1) is 6.59. The van der Waals surface area contributed by atoms with E-state index in [1.807, 2.05) is 0 Å². The Morgan fingerprint density at radius 2 is 2.36 bits per heavy atom. The molecule has 0 saturated heterocycles. The first-order valence-electron chi connectivity index (χ1n) is 4.36. The molecule has 76 valence electrons. The number of nitrogens with two attached hydrogens (primary N) is 1. The summed E-state index contributed by atoms with van der Waals surface area (Å²) in [6, 6.07) is 5.80. The fraction of sp³-hybridized carbons (Fsp3) is 0.300. The van der Waals surface area contributed by atoms with E-state index in [1.165, 1.54) is 12.1 Å². The van der Waals surface area contributed by atoms with Gasteiger partial charge in [-0.25, -0.2) is 4.39 Å². The number of rotatable bonds is 4. The minimum Gasteiger partial charge on any atom is -0.368 e. The molecule has 0 saturated carbocycles. The predicted octanol–water partition coefficient (Wildman–Crippen LogP) is 0.789. The van der Waals surface area contributed by atoms with Crippen molar-refractivity contribution in [1.29, 1.82) is 0 Å². The molecule has 3 nitrogen and oxygen atoms in total. The van der Waals surface area contributed by atoms with Crippen molar-refractivity contribution in [3.8, 4) is 0 Å². The van der Waals surface area contributed by atoms with Gasteiger partial charge < -0.3 is 11.1 Å². The predicted molar refractivity (Wildman–Crippen MR) is 51.9 cm³/mol. The van der Waals surface area contributed by atoms with E-state index in [9.17, 15) is 9.18 Å². The van der Waals surface area contributed by atoms with Crippen molar-refractivity contribution in [3.63, 3.8) is 0 Å². The minimum absolute atomic E-state index is 0.281. The Balaban J connectivity index is 2.49. The van der Waals surface area contributed by atoms with Gasteiger partial charge in [-0.1, -0.05) is 12.1 Å². The van der Waals surface area contributed by atoms with Crippen LogP contribution >= 0.6 is 0 Å². The Morgan fingerprint density at radius 3 is 2.93 bits per heavy atom. The average molecular weight is 196 g/mol. The van der Waals surface area contributed by atoms with E-state index >= 15 is 0 Å². The Hall–Kier alpha value is -1.42. The number of halogens is 1. The van der Waals surface area contributed by atoms with E-state index in [0.29, 0.717) is 6.54 Å². The van der Waals surface area contributed by atoms with Gasteiger partial charge in [0.2, 0.25) is 5.91 Å². The molecule has 0 spiro atoms. The van der Waals surface area contributed by atoms with Gasteiger partial charge in [-0.15, -0.1) is 0 Å². The maximum atomic E-state index is 12.7. The molecule has 0 fully saturated rings. The molecule has 1 rings (SSSR count). The van der Waals surface area contributed by atoms with E-state index in [2.05, 4.69) is 5.32 Å². The number of hydrogen-bond acceptors (Lipinski definition) is 2. The van der Waals surface area contributed by atoms with Gasteiger partial charge in [0.15, 0.2) is 0 Å². The number of primary amides is 1. The Labute approximate surface area is 82.1 Å². The molecule has 0 aromatic heterocycles. The molecule has 1 atom stereocenters. The lowest BCUT2D eigenvalue weighted by atomic mass is 10.2. The maximum Gasteiger partial charge on any atom is 0.234 e. The van der Waals surface area contributed by atoms with Gasteiger partial charge in [0.25, 0.3) is 0 Å². The van der Waals surface area contributed by atoms with Crippen LogP contribution in [0.1, 0.15) is 12.5 Å². The molecule has 0 aliphatic carbocycles. The number of hydrogen-bond donors (Lipinski definition) is 2. The third kappa shape index (κ3) is 3.14. The van der Waals surface area contributed by atoms with Crippen molar-refractivity contribution >= 4 is 5.91 Å².